The number of carbonyl (C=O) groups is 2. The van der Waals surface area contributed by atoms with E-state index in [0.717, 1.165) is 11.4 Å². The minimum Gasteiger partial charge on any atom is -0.494 e. The Morgan fingerprint density at radius 3 is 2.70 bits per heavy atom. The van der Waals surface area contributed by atoms with E-state index in [1.165, 1.54) is 0 Å². The molecule has 8 nitrogen and oxygen atoms in total. The Labute approximate surface area is 175 Å². The number of nitrogens with zero attached hydrogens (tertiary/aromatic N) is 1. The molecule has 0 saturated carbocycles. The van der Waals surface area contributed by atoms with Gasteiger partial charge in [0.25, 0.3) is 0 Å². The summed E-state index contributed by atoms with van der Waals surface area (Å²) in [5.74, 6) is 2.11. The lowest BCUT2D eigenvalue weighted by atomic mass is 10.2. The molecule has 0 aromatic heterocycles. The molecule has 0 radical (unpaired) electrons. The Hall–Kier alpha value is -3.42. The Balaban J connectivity index is 1.25. The fraction of sp³-hybridized carbons (Fsp3) is 0.364. The molecular weight excluding hydrogens is 386 g/mol. The van der Waals surface area contributed by atoms with Gasteiger partial charge in [-0.15, -0.1) is 0 Å². The second-order valence-corrected chi connectivity index (χ2v) is 7.18. The maximum absolute atomic E-state index is 12.4. The zero-order valence-corrected chi connectivity index (χ0v) is 16.8. The molecule has 2 unspecified atom stereocenters. The van der Waals surface area contributed by atoms with Gasteiger partial charge in [-0.25, -0.2) is 4.79 Å². The summed E-state index contributed by atoms with van der Waals surface area (Å²) in [4.78, 5) is 26.4. The zero-order chi connectivity index (χ0) is 20.9. The smallest absolute Gasteiger partial charge is 0.315 e. The minimum absolute atomic E-state index is 0.0231. The van der Waals surface area contributed by atoms with Crippen LogP contribution in [0.15, 0.2) is 48.5 Å². The Kier molecular flexibility index (Phi) is 5.92. The Morgan fingerprint density at radius 2 is 1.93 bits per heavy atom. The standard InChI is InChI=1S/C22H25N3O5/c1-2-28-17-9-7-16(8-10-17)25-13-15(11-21(25)26)24-22(27)23-12-18-14-29-19-5-3-4-6-20(19)30-18/h3-10,15,18H,2,11-14H2,1H3,(H2,23,24,27). The van der Waals surface area contributed by atoms with Crippen molar-refractivity contribution in [2.45, 2.75) is 25.5 Å². The number of rotatable bonds is 6. The zero-order valence-electron chi connectivity index (χ0n) is 16.8. The number of amides is 3. The molecular formula is C22H25N3O5. The highest BCUT2D eigenvalue weighted by Gasteiger charge is 2.32. The summed E-state index contributed by atoms with van der Waals surface area (Å²) in [6.07, 6.45) is -0.00644. The number of anilines is 1. The number of benzene rings is 2. The highest BCUT2D eigenvalue weighted by atomic mass is 16.6. The molecule has 2 atom stereocenters. The summed E-state index contributed by atoms with van der Waals surface area (Å²) >= 11 is 0. The normalized spacial score (nSPS) is 20.0. The molecule has 0 bridgehead atoms. The Morgan fingerprint density at radius 1 is 1.17 bits per heavy atom. The molecule has 1 fully saturated rings. The van der Waals surface area contributed by atoms with E-state index >= 15 is 0 Å². The van der Waals surface area contributed by atoms with Gasteiger partial charge in [0.1, 0.15) is 12.4 Å². The van der Waals surface area contributed by atoms with Crippen LogP contribution in [0.2, 0.25) is 0 Å². The first-order chi connectivity index (χ1) is 14.6. The van der Waals surface area contributed by atoms with Gasteiger partial charge in [-0.2, -0.15) is 0 Å². The van der Waals surface area contributed by atoms with Gasteiger partial charge >= 0.3 is 6.03 Å². The van der Waals surface area contributed by atoms with Gasteiger partial charge < -0.3 is 29.7 Å². The number of ether oxygens (including phenoxy) is 3. The fourth-order valence-corrected chi connectivity index (χ4v) is 3.55. The van der Waals surface area contributed by atoms with Crippen molar-refractivity contribution >= 4 is 17.6 Å². The molecule has 8 heteroatoms. The number of nitrogens with one attached hydrogen (secondary N) is 2. The van der Waals surface area contributed by atoms with Gasteiger partial charge in [-0.1, -0.05) is 12.1 Å². The minimum atomic E-state index is -0.330. The van der Waals surface area contributed by atoms with Crippen LogP contribution in [0.5, 0.6) is 17.2 Å². The Bertz CT molecular complexity index is 902. The molecule has 30 heavy (non-hydrogen) atoms. The van der Waals surface area contributed by atoms with Crippen molar-refractivity contribution in [3.63, 3.8) is 0 Å². The monoisotopic (exact) mass is 411 g/mol. The van der Waals surface area contributed by atoms with Crippen LogP contribution in [-0.2, 0) is 4.79 Å². The number of urea groups is 1. The van der Waals surface area contributed by atoms with E-state index < -0.39 is 0 Å². The predicted molar refractivity (Wildman–Crippen MR) is 111 cm³/mol. The molecule has 158 valence electrons. The highest BCUT2D eigenvalue weighted by Crippen LogP contribution is 2.30. The van der Waals surface area contributed by atoms with E-state index in [2.05, 4.69) is 10.6 Å². The molecule has 2 aliphatic heterocycles. The van der Waals surface area contributed by atoms with Crippen LogP contribution in [0.1, 0.15) is 13.3 Å². The fourth-order valence-electron chi connectivity index (χ4n) is 3.55. The van der Waals surface area contributed by atoms with Crippen LogP contribution >= 0.6 is 0 Å². The summed E-state index contributed by atoms with van der Waals surface area (Å²) < 4.78 is 16.9. The van der Waals surface area contributed by atoms with E-state index in [4.69, 9.17) is 14.2 Å². The maximum Gasteiger partial charge on any atom is 0.315 e. The average molecular weight is 411 g/mol. The molecule has 3 amide bonds. The third-order valence-corrected chi connectivity index (χ3v) is 4.98. The molecule has 2 aromatic carbocycles. The van der Waals surface area contributed by atoms with E-state index in [1.54, 1.807) is 4.90 Å². The van der Waals surface area contributed by atoms with Crippen molar-refractivity contribution in [3.05, 3.63) is 48.5 Å². The van der Waals surface area contributed by atoms with Crippen LogP contribution in [0.25, 0.3) is 0 Å². The molecule has 4 rings (SSSR count). The van der Waals surface area contributed by atoms with Crippen LogP contribution in [0.3, 0.4) is 0 Å². The highest BCUT2D eigenvalue weighted by molar-refractivity contribution is 5.96. The molecule has 2 aliphatic rings. The molecule has 0 spiro atoms. The second kappa shape index (κ2) is 8.94. The van der Waals surface area contributed by atoms with E-state index in [0.29, 0.717) is 37.8 Å². The predicted octanol–water partition coefficient (Wildman–Crippen LogP) is 2.33. The largest absolute Gasteiger partial charge is 0.494 e. The molecule has 2 heterocycles. The summed E-state index contributed by atoms with van der Waals surface area (Å²) in [5, 5.41) is 5.67. The van der Waals surface area contributed by atoms with Crippen LogP contribution in [0, 0.1) is 0 Å². The first-order valence-electron chi connectivity index (χ1n) is 10.1. The number of fused-ring (bicyclic) bond motifs is 1. The van der Waals surface area contributed by atoms with Crippen LogP contribution in [-0.4, -0.2) is 50.4 Å². The third-order valence-electron chi connectivity index (χ3n) is 4.98. The molecule has 2 aromatic rings. The first-order valence-corrected chi connectivity index (χ1v) is 10.1. The van der Waals surface area contributed by atoms with Gasteiger partial charge in [0.15, 0.2) is 17.6 Å². The van der Waals surface area contributed by atoms with Gasteiger partial charge in [-0.05, 0) is 43.3 Å². The van der Waals surface area contributed by atoms with Crippen molar-refractivity contribution in [2.75, 3.05) is 31.2 Å². The lowest BCUT2D eigenvalue weighted by Gasteiger charge is -2.26. The summed E-state index contributed by atoms with van der Waals surface area (Å²) in [6.45, 7) is 3.62. The van der Waals surface area contributed by atoms with E-state index in [9.17, 15) is 9.59 Å². The summed E-state index contributed by atoms with van der Waals surface area (Å²) in [7, 11) is 0. The SMILES string of the molecule is CCOc1ccc(N2CC(NC(=O)NCC3COc4ccccc4O3)CC2=O)cc1. The van der Waals surface area contributed by atoms with E-state index in [-0.39, 0.29) is 30.5 Å². The van der Waals surface area contributed by atoms with Crippen LogP contribution < -0.4 is 29.7 Å². The maximum atomic E-state index is 12.4. The van der Waals surface area contributed by atoms with Gasteiger partial charge in [0.05, 0.1) is 19.2 Å². The van der Waals surface area contributed by atoms with Crippen molar-refractivity contribution in [2.24, 2.45) is 0 Å². The summed E-state index contributed by atoms with van der Waals surface area (Å²) in [6, 6.07) is 14.2. The number of hydrogen-bond acceptors (Lipinski definition) is 5. The molecule has 2 N–H and O–H groups in total. The molecule has 0 aliphatic carbocycles. The number of hydrogen-bond donors (Lipinski definition) is 2. The second-order valence-electron chi connectivity index (χ2n) is 7.18. The summed E-state index contributed by atoms with van der Waals surface area (Å²) in [5.41, 5.74) is 0.791. The molecule has 1 saturated heterocycles. The lowest BCUT2D eigenvalue weighted by Crippen LogP contribution is -2.47. The quantitative estimate of drug-likeness (QED) is 0.762. The van der Waals surface area contributed by atoms with Crippen molar-refractivity contribution < 1.29 is 23.8 Å². The van der Waals surface area contributed by atoms with Crippen LogP contribution in [0.4, 0.5) is 10.5 Å². The third kappa shape index (κ3) is 4.59. The van der Waals surface area contributed by atoms with Gasteiger partial charge in [0, 0.05) is 18.7 Å². The topological polar surface area (TPSA) is 89.1 Å². The van der Waals surface area contributed by atoms with Gasteiger partial charge in [0.2, 0.25) is 5.91 Å². The van der Waals surface area contributed by atoms with E-state index in [1.807, 2.05) is 55.5 Å². The van der Waals surface area contributed by atoms with Crippen molar-refractivity contribution in [1.29, 1.82) is 0 Å². The average Bonchev–Trinajstić information content (AvgIpc) is 3.12. The van der Waals surface area contributed by atoms with Crippen molar-refractivity contribution in [1.82, 2.24) is 10.6 Å². The number of para-hydroxylation sites is 2. The number of carbonyl (C=O) groups excluding carboxylic acids is 2. The first kappa shape index (κ1) is 19.9. The lowest BCUT2D eigenvalue weighted by molar-refractivity contribution is -0.117. The van der Waals surface area contributed by atoms with Gasteiger partial charge in [-0.3, -0.25) is 4.79 Å². The van der Waals surface area contributed by atoms with Crippen molar-refractivity contribution in [3.8, 4) is 17.2 Å².